The Morgan fingerprint density at radius 2 is 2.13 bits per heavy atom. The van der Waals surface area contributed by atoms with Crippen LogP contribution in [0.4, 0.5) is 0 Å². The van der Waals surface area contributed by atoms with Gasteiger partial charge in [-0.3, -0.25) is 0 Å². The first-order chi connectivity index (χ1) is 7.24. The second kappa shape index (κ2) is 3.01. The maximum absolute atomic E-state index is 6.28. The molecule has 1 fully saturated rings. The molecule has 1 aliphatic heterocycles. The van der Waals surface area contributed by atoms with Gasteiger partial charge in [-0.1, -0.05) is 32.0 Å². The highest BCUT2D eigenvalue weighted by atomic mass is 16.5. The summed E-state index contributed by atoms with van der Waals surface area (Å²) < 4.78 is 6.28. The van der Waals surface area contributed by atoms with Gasteiger partial charge in [-0.15, -0.1) is 0 Å². The monoisotopic (exact) mass is 202 g/mol. The molecular formula is C14H18O. The molecule has 0 bridgehead atoms. The molecule has 2 aliphatic rings. The molecule has 1 aliphatic carbocycles. The number of rotatable bonds is 1. The van der Waals surface area contributed by atoms with E-state index in [1.54, 1.807) is 0 Å². The highest BCUT2D eigenvalue weighted by Crippen LogP contribution is 2.56. The van der Waals surface area contributed by atoms with E-state index >= 15 is 0 Å². The summed E-state index contributed by atoms with van der Waals surface area (Å²) in [7, 11) is 0. The van der Waals surface area contributed by atoms with Crippen molar-refractivity contribution in [2.45, 2.75) is 44.6 Å². The van der Waals surface area contributed by atoms with Gasteiger partial charge >= 0.3 is 0 Å². The van der Waals surface area contributed by atoms with Gasteiger partial charge in [0.2, 0.25) is 0 Å². The van der Waals surface area contributed by atoms with Crippen molar-refractivity contribution in [3.05, 3.63) is 29.8 Å². The molecule has 0 N–H and O–H groups in total. The zero-order valence-electron chi connectivity index (χ0n) is 9.49. The smallest absolute Gasteiger partial charge is 0.123 e. The minimum absolute atomic E-state index is 0.115. The van der Waals surface area contributed by atoms with E-state index in [9.17, 15) is 0 Å². The standard InChI is InChI=1S/C14H18O/c1-10(2)14-9-5-7-12(14)11-6-3-4-8-13(11)15-14/h3-4,6,8,10,12H,5,7,9H2,1-2H3/t12-,14+/m0/s1. The third-order valence-electron chi connectivity index (χ3n) is 4.22. The van der Waals surface area contributed by atoms with Gasteiger partial charge in [-0.05, 0) is 31.2 Å². The molecule has 2 atom stereocenters. The van der Waals surface area contributed by atoms with Crippen LogP contribution in [0.2, 0.25) is 0 Å². The second-order valence-electron chi connectivity index (χ2n) is 5.19. The zero-order valence-corrected chi connectivity index (χ0v) is 9.49. The van der Waals surface area contributed by atoms with Crippen molar-refractivity contribution in [1.82, 2.24) is 0 Å². The van der Waals surface area contributed by atoms with Gasteiger partial charge in [0.25, 0.3) is 0 Å². The number of ether oxygens (including phenoxy) is 1. The molecule has 0 saturated heterocycles. The van der Waals surface area contributed by atoms with E-state index in [0.29, 0.717) is 11.8 Å². The quantitative estimate of drug-likeness (QED) is 0.674. The molecule has 0 unspecified atom stereocenters. The van der Waals surface area contributed by atoms with Gasteiger partial charge in [0.15, 0.2) is 0 Å². The van der Waals surface area contributed by atoms with E-state index < -0.39 is 0 Å². The summed E-state index contributed by atoms with van der Waals surface area (Å²) >= 11 is 0. The summed E-state index contributed by atoms with van der Waals surface area (Å²) in [6, 6.07) is 8.58. The second-order valence-corrected chi connectivity index (χ2v) is 5.19. The molecule has 1 heterocycles. The van der Waals surface area contributed by atoms with Crippen molar-refractivity contribution in [3.63, 3.8) is 0 Å². The van der Waals surface area contributed by atoms with E-state index in [1.165, 1.54) is 24.8 Å². The van der Waals surface area contributed by atoms with Crippen LogP contribution in [0, 0.1) is 5.92 Å². The van der Waals surface area contributed by atoms with Crippen LogP contribution < -0.4 is 4.74 Å². The van der Waals surface area contributed by atoms with Crippen LogP contribution in [-0.4, -0.2) is 5.60 Å². The van der Waals surface area contributed by atoms with E-state index in [2.05, 4.69) is 38.1 Å². The van der Waals surface area contributed by atoms with Crippen molar-refractivity contribution in [3.8, 4) is 5.75 Å². The van der Waals surface area contributed by atoms with Crippen molar-refractivity contribution in [2.75, 3.05) is 0 Å². The first-order valence-corrected chi connectivity index (χ1v) is 6.02. The highest BCUT2D eigenvalue weighted by molar-refractivity contribution is 5.44. The van der Waals surface area contributed by atoms with Crippen LogP contribution in [0.3, 0.4) is 0 Å². The normalized spacial score (nSPS) is 32.6. The van der Waals surface area contributed by atoms with Gasteiger partial charge in [-0.2, -0.15) is 0 Å². The number of para-hydroxylation sites is 1. The molecule has 0 radical (unpaired) electrons. The summed E-state index contributed by atoms with van der Waals surface area (Å²) in [5.41, 5.74) is 1.56. The maximum Gasteiger partial charge on any atom is 0.123 e. The summed E-state index contributed by atoms with van der Waals surface area (Å²) in [5.74, 6) is 2.39. The minimum atomic E-state index is 0.115. The Labute approximate surface area is 91.5 Å². The van der Waals surface area contributed by atoms with E-state index in [1.807, 2.05) is 0 Å². The largest absolute Gasteiger partial charge is 0.486 e. The average molecular weight is 202 g/mol. The van der Waals surface area contributed by atoms with Crippen LogP contribution in [0.1, 0.15) is 44.6 Å². The van der Waals surface area contributed by atoms with Crippen molar-refractivity contribution in [2.24, 2.45) is 5.92 Å². The highest BCUT2D eigenvalue weighted by Gasteiger charge is 2.52. The van der Waals surface area contributed by atoms with E-state index in [0.717, 1.165) is 5.75 Å². The van der Waals surface area contributed by atoms with Crippen LogP contribution in [0.15, 0.2) is 24.3 Å². The molecule has 1 aromatic carbocycles. The van der Waals surface area contributed by atoms with Gasteiger partial charge in [0.1, 0.15) is 11.4 Å². The number of hydrogen-bond acceptors (Lipinski definition) is 1. The van der Waals surface area contributed by atoms with E-state index in [4.69, 9.17) is 4.74 Å². The SMILES string of the molecule is CC(C)[C@]12CCC[C@H]1c1ccccc1O2. The van der Waals surface area contributed by atoms with Gasteiger partial charge < -0.3 is 4.74 Å². The summed E-state index contributed by atoms with van der Waals surface area (Å²) in [6.45, 7) is 4.59. The lowest BCUT2D eigenvalue weighted by atomic mass is 9.79. The Kier molecular flexibility index (Phi) is 1.86. The van der Waals surface area contributed by atoms with Crippen LogP contribution in [0.25, 0.3) is 0 Å². The molecule has 1 heteroatoms. The molecule has 15 heavy (non-hydrogen) atoms. The summed E-state index contributed by atoms with van der Waals surface area (Å²) in [4.78, 5) is 0. The van der Waals surface area contributed by atoms with Crippen LogP contribution in [-0.2, 0) is 0 Å². The fourth-order valence-electron chi connectivity index (χ4n) is 3.42. The van der Waals surface area contributed by atoms with Gasteiger partial charge in [-0.25, -0.2) is 0 Å². The number of hydrogen-bond donors (Lipinski definition) is 0. The average Bonchev–Trinajstić information content (AvgIpc) is 2.73. The lowest BCUT2D eigenvalue weighted by Crippen LogP contribution is -2.39. The maximum atomic E-state index is 6.28. The third kappa shape index (κ3) is 1.09. The molecule has 0 aromatic heterocycles. The number of fused-ring (bicyclic) bond motifs is 3. The van der Waals surface area contributed by atoms with E-state index in [-0.39, 0.29) is 5.60 Å². The number of benzene rings is 1. The molecule has 1 saturated carbocycles. The third-order valence-corrected chi connectivity index (χ3v) is 4.22. The Bertz CT molecular complexity index is 383. The fourth-order valence-corrected chi connectivity index (χ4v) is 3.42. The first kappa shape index (κ1) is 9.26. The minimum Gasteiger partial charge on any atom is -0.486 e. The Balaban J connectivity index is 2.09. The van der Waals surface area contributed by atoms with Crippen LogP contribution >= 0.6 is 0 Å². The summed E-state index contributed by atoms with van der Waals surface area (Å²) in [5, 5.41) is 0. The van der Waals surface area contributed by atoms with Crippen molar-refractivity contribution >= 4 is 0 Å². The van der Waals surface area contributed by atoms with Gasteiger partial charge in [0.05, 0.1) is 0 Å². The molecular weight excluding hydrogens is 184 g/mol. The fraction of sp³-hybridized carbons (Fsp3) is 0.571. The summed E-state index contributed by atoms with van der Waals surface area (Å²) in [6.07, 6.45) is 3.84. The molecule has 0 spiro atoms. The Morgan fingerprint density at radius 1 is 1.33 bits per heavy atom. The predicted octanol–water partition coefficient (Wildman–Crippen LogP) is 3.74. The molecule has 0 amide bonds. The Morgan fingerprint density at radius 3 is 2.93 bits per heavy atom. The lowest BCUT2D eigenvalue weighted by Gasteiger charge is -2.33. The predicted molar refractivity (Wildman–Crippen MR) is 61.2 cm³/mol. The lowest BCUT2D eigenvalue weighted by molar-refractivity contribution is 0.0367. The Hall–Kier alpha value is -0.980. The van der Waals surface area contributed by atoms with Crippen molar-refractivity contribution in [1.29, 1.82) is 0 Å². The van der Waals surface area contributed by atoms with Crippen LogP contribution in [0.5, 0.6) is 5.75 Å². The zero-order chi connectivity index (χ0) is 10.5. The topological polar surface area (TPSA) is 9.23 Å². The van der Waals surface area contributed by atoms with Crippen molar-refractivity contribution < 1.29 is 4.74 Å². The molecule has 1 nitrogen and oxygen atoms in total. The molecule has 3 rings (SSSR count). The first-order valence-electron chi connectivity index (χ1n) is 6.02. The molecule has 80 valence electrons. The van der Waals surface area contributed by atoms with Gasteiger partial charge in [0, 0.05) is 11.5 Å². The molecule has 1 aromatic rings.